The fourth-order valence-corrected chi connectivity index (χ4v) is 3.92. The average Bonchev–Trinajstić information content (AvgIpc) is 3.34. The van der Waals surface area contributed by atoms with E-state index in [1.807, 2.05) is 12.1 Å². The van der Waals surface area contributed by atoms with Crippen molar-refractivity contribution < 1.29 is 4.79 Å². The van der Waals surface area contributed by atoms with Gasteiger partial charge in [-0.2, -0.15) is 0 Å². The summed E-state index contributed by atoms with van der Waals surface area (Å²) in [5.74, 6) is 0.336. The van der Waals surface area contributed by atoms with E-state index in [-0.39, 0.29) is 17.2 Å². The van der Waals surface area contributed by atoms with Gasteiger partial charge in [-0.1, -0.05) is 56.4 Å². The molecule has 0 radical (unpaired) electrons. The van der Waals surface area contributed by atoms with Crippen molar-refractivity contribution in [1.82, 2.24) is 15.2 Å². The van der Waals surface area contributed by atoms with Crippen molar-refractivity contribution in [3.05, 3.63) is 59.9 Å². The van der Waals surface area contributed by atoms with Crippen LogP contribution in [0.1, 0.15) is 44.2 Å². The molecule has 2 atom stereocenters. The second-order valence-electron chi connectivity index (χ2n) is 7.96. The van der Waals surface area contributed by atoms with E-state index in [1.54, 1.807) is 12.4 Å². The van der Waals surface area contributed by atoms with Crippen molar-refractivity contribution in [3.8, 4) is 10.6 Å². The van der Waals surface area contributed by atoms with E-state index in [2.05, 4.69) is 65.5 Å². The van der Waals surface area contributed by atoms with Crippen LogP contribution < -0.4 is 5.32 Å². The van der Waals surface area contributed by atoms with Gasteiger partial charge in [0.05, 0.1) is 0 Å². The smallest absolute Gasteiger partial charge is 0.229 e. The molecule has 2 heterocycles. The summed E-state index contributed by atoms with van der Waals surface area (Å²) in [4.78, 5) is 16.5. The number of hydrogen-bond donors (Lipinski definition) is 1. The first kappa shape index (κ1) is 17.8. The lowest BCUT2D eigenvalue weighted by Crippen LogP contribution is -2.14. The van der Waals surface area contributed by atoms with E-state index >= 15 is 0 Å². The number of carbonyl (C=O) groups excluding carboxylic acids is 1. The Hall–Kier alpha value is -2.60. The number of aromatic nitrogens is 3. The molecule has 3 aromatic rings. The molecule has 27 heavy (non-hydrogen) atoms. The monoisotopic (exact) mass is 378 g/mol. The third-order valence-electron chi connectivity index (χ3n) is 4.91. The molecule has 0 aliphatic heterocycles. The lowest BCUT2D eigenvalue weighted by atomic mass is 9.86. The molecule has 1 aliphatic rings. The first-order valence-electron chi connectivity index (χ1n) is 9.07. The highest BCUT2D eigenvalue weighted by Gasteiger charge is 2.44. The van der Waals surface area contributed by atoms with E-state index in [9.17, 15) is 4.79 Å². The molecule has 5 nitrogen and oxygen atoms in total. The van der Waals surface area contributed by atoms with Gasteiger partial charge in [-0.3, -0.25) is 9.78 Å². The zero-order chi connectivity index (χ0) is 19.0. The molecule has 1 saturated carbocycles. The number of benzene rings is 1. The van der Waals surface area contributed by atoms with Gasteiger partial charge in [0, 0.05) is 23.9 Å². The van der Waals surface area contributed by atoms with Crippen LogP contribution in [0.2, 0.25) is 0 Å². The number of amides is 1. The third-order valence-corrected chi connectivity index (χ3v) is 5.80. The molecular formula is C21H22N4OS. The van der Waals surface area contributed by atoms with Gasteiger partial charge >= 0.3 is 0 Å². The average molecular weight is 379 g/mol. The number of carbonyl (C=O) groups is 1. The molecule has 1 aliphatic carbocycles. The van der Waals surface area contributed by atoms with E-state index in [4.69, 9.17) is 0 Å². The Labute approximate surface area is 162 Å². The van der Waals surface area contributed by atoms with Gasteiger partial charge < -0.3 is 5.32 Å². The quantitative estimate of drug-likeness (QED) is 0.718. The molecule has 1 aromatic carbocycles. The molecule has 138 valence electrons. The summed E-state index contributed by atoms with van der Waals surface area (Å²) in [7, 11) is 0. The molecule has 4 rings (SSSR count). The SMILES string of the molecule is CC(C)(C)c1ccc([C@H]2C[C@H]2C(=O)Nc2nnc(-c3ccncc3)s2)cc1. The fraction of sp³-hybridized carbons (Fsp3) is 0.333. The minimum atomic E-state index is 0.0127. The minimum Gasteiger partial charge on any atom is -0.300 e. The first-order chi connectivity index (χ1) is 12.9. The van der Waals surface area contributed by atoms with Crippen molar-refractivity contribution >= 4 is 22.4 Å². The largest absolute Gasteiger partial charge is 0.300 e. The van der Waals surface area contributed by atoms with Crippen LogP contribution >= 0.6 is 11.3 Å². The first-order valence-corrected chi connectivity index (χ1v) is 9.89. The van der Waals surface area contributed by atoms with Gasteiger partial charge in [-0.15, -0.1) is 10.2 Å². The van der Waals surface area contributed by atoms with Crippen molar-refractivity contribution in [3.63, 3.8) is 0 Å². The number of nitrogens with one attached hydrogen (secondary N) is 1. The zero-order valence-electron chi connectivity index (χ0n) is 15.6. The maximum Gasteiger partial charge on any atom is 0.229 e. The maximum atomic E-state index is 12.5. The van der Waals surface area contributed by atoms with Gasteiger partial charge in [-0.05, 0) is 41.0 Å². The van der Waals surface area contributed by atoms with Crippen molar-refractivity contribution in [2.24, 2.45) is 5.92 Å². The molecule has 1 N–H and O–H groups in total. The number of hydrogen-bond acceptors (Lipinski definition) is 5. The number of anilines is 1. The van der Waals surface area contributed by atoms with Crippen molar-refractivity contribution in [2.45, 2.75) is 38.5 Å². The summed E-state index contributed by atoms with van der Waals surface area (Å²) in [6.07, 6.45) is 4.32. The second kappa shape index (κ2) is 6.85. The molecule has 1 amide bonds. The molecule has 1 fully saturated rings. The van der Waals surface area contributed by atoms with E-state index < -0.39 is 0 Å². The van der Waals surface area contributed by atoms with E-state index in [1.165, 1.54) is 22.5 Å². The molecule has 2 aromatic heterocycles. The third kappa shape index (κ3) is 3.90. The summed E-state index contributed by atoms with van der Waals surface area (Å²) in [6, 6.07) is 12.4. The summed E-state index contributed by atoms with van der Waals surface area (Å²) >= 11 is 1.38. The topological polar surface area (TPSA) is 67.8 Å². The van der Waals surface area contributed by atoms with Gasteiger partial charge in [0.1, 0.15) is 5.01 Å². The Balaban J connectivity index is 1.39. The highest BCUT2D eigenvalue weighted by atomic mass is 32.1. The van der Waals surface area contributed by atoms with Gasteiger partial charge in [0.25, 0.3) is 0 Å². The summed E-state index contributed by atoms with van der Waals surface area (Å²) < 4.78 is 0. The number of pyridine rings is 1. The Bertz CT molecular complexity index is 944. The van der Waals surface area contributed by atoms with Crippen LogP contribution in [-0.4, -0.2) is 21.1 Å². The Morgan fingerprint density at radius 1 is 1.07 bits per heavy atom. The lowest BCUT2D eigenvalue weighted by Gasteiger charge is -2.19. The van der Waals surface area contributed by atoms with Crippen LogP contribution in [0.5, 0.6) is 0 Å². The van der Waals surface area contributed by atoms with Crippen LogP contribution in [0.15, 0.2) is 48.8 Å². The van der Waals surface area contributed by atoms with Crippen LogP contribution in [-0.2, 0) is 10.2 Å². The molecule has 0 bridgehead atoms. The van der Waals surface area contributed by atoms with Crippen LogP contribution in [0.3, 0.4) is 0 Å². The normalized spacial score (nSPS) is 18.9. The van der Waals surface area contributed by atoms with E-state index in [0.717, 1.165) is 17.0 Å². The number of rotatable bonds is 4. The molecule has 0 spiro atoms. The standard InChI is InChI=1S/C21H22N4OS/c1-21(2,3)15-6-4-13(5-7-15)16-12-17(16)18(26)23-20-25-24-19(27-20)14-8-10-22-11-9-14/h4-11,16-17H,12H2,1-3H3,(H,23,25,26)/t16-,17-/m1/s1. The Morgan fingerprint density at radius 2 is 1.78 bits per heavy atom. The Kier molecular flexibility index (Phi) is 4.52. The van der Waals surface area contributed by atoms with Crippen molar-refractivity contribution in [1.29, 1.82) is 0 Å². The Morgan fingerprint density at radius 3 is 2.44 bits per heavy atom. The predicted molar refractivity (Wildman–Crippen MR) is 108 cm³/mol. The van der Waals surface area contributed by atoms with Crippen LogP contribution in [0.25, 0.3) is 10.6 Å². The predicted octanol–water partition coefficient (Wildman–Crippen LogP) is 4.64. The molecule has 0 unspecified atom stereocenters. The highest BCUT2D eigenvalue weighted by Crippen LogP contribution is 2.48. The highest BCUT2D eigenvalue weighted by molar-refractivity contribution is 7.18. The van der Waals surface area contributed by atoms with Crippen LogP contribution in [0, 0.1) is 5.92 Å². The van der Waals surface area contributed by atoms with Crippen molar-refractivity contribution in [2.75, 3.05) is 5.32 Å². The number of nitrogens with zero attached hydrogens (tertiary/aromatic N) is 3. The van der Waals surface area contributed by atoms with Gasteiger partial charge in [-0.25, -0.2) is 0 Å². The fourth-order valence-electron chi connectivity index (χ4n) is 3.17. The lowest BCUT2D eigenvalue weighted by molar-refractivity contribution is -0.117. The van der Waals surface area contributed by atoms with Gasteiger partial charge in [0.15, 0.2) is 0 Å². The molecular weight excluding hydrogens is 356 g/mol. The second-order valence-corrected chi connectivity index (χ2v) is 8.94. The molecule has 6 heteroatoms. The van der Waals surface area contributed by atoms with E-state index in [0.29, 0.717) is 11.0 Å². The van der Waals surface area contributed by atoms with Gasteiger partial charge in [0.2, 0.25) is 11.0 Å². The maximum absolute atomic E-state index is 12.5. The summed E-state index contributed by atoms with van der Waals surface area (Å²) in [6.45, 7) is 6.62. The summed E-state index contributed by atoms with van der Waals surface area (Å²) in [5, 5.41) is 12.5. The molecule has 0 saturated heterocycles. The minimum absolute atomic E-state index is 0.0127. The summed E-state index contributed by atoms with van der Waals surface area (Å²) in [5.41, 5.74) is 3.64. The zero-order valence-corrected chi connectivity index (χ0v) is 16.5. The van der Waals surface area contributed by atoms with Crippen LogP contribution in [0.4, 0.5) is 5.13 Å².